The lowest BCUT2D eigenvalue weighted by atomic mass is 9.88. The minimum Gasteiger partial charge on any atom is -0.311 e. The zero-order chi connectivity index (χ0) is 32.1. The highest BCUT2D eigenvalue weighted by atomic mass is 16.2. The van der Waals surface area contributed by atoms with E-state index in [1.165, 1.54) is 9.13 Å². The number of carbonyl (C=O) groups is 3. The molecule has 0 atom stereocenters. The second-order valence-electron chi connectivity index (χ2n) is 10.9. The monoisotopic (exact) mass is 606 g/mol. The summed E-state index contributed by atoms with van der Waals surface area (Å²) in [6, 6.07) is 33.2. The van der Waals surface area contributed by atoms with Gasteiger partial charge in [0.05, 0.1) is 33.9 Å². The van der Waals surface area contributed by atoms with Crippen LogP contribution in [-0.4, -0.2) is 27.0 Å². The number of rotatable bonds is 4. The average molecular weight is 607 g/mol. The Bertz CT molecular complexity index is 2130. The van der Waals surface area contributed by atoms with Gasteiger partial charge < -0.3 is 9.13 Å². The van der Waals surface area contributed by atoms with Gasteiger partial charge in [-0.1, -0.05) is 84.9 Å². The van der Waals surface area contributed by atoms with Gasteiger partial charge in [0.1, 0.15) is 5.57 Å². The number of urea groups is 1. The molecule has 2 aromatic rings. The summed E-state index contributed by atoms with van der Waals surface area (Å²) in [7, 11) is 3.19. The first kappa shape index (κ1) is 28.4. The van der Waals surface area contributed by atoms with Crippen LogP contribution in [0.1, 0.15) is 11.1 Å². The standard InChI is InChI=1S/C37H26N4O5/c1-38-27-21-13-5-11-19-25(27)29(33(38)42)31(30-26-20-12-6-14-22-28(26)39(2)34(30)43)32-35(44)40(23-15-7-3-8-16-23)37(46)41(36(32)45)24-17-9-4-10-18-24/h3-22H,1-2H3. The number of carbonyl (C=O) groups excluding carboxylic acids is 3. The summed E-state index contributed by atoms with van der Waals surface area (Å²) in [5.74, 6) is -1.89. The van der Waals surface area contributed by atoms with Gasteiger partial charge in [-0.3, -0.25) is 19.2 Å². The maximum atomic E-state index is 14.7. The molecule has 5 aliphatic rings. The minimum absolute atomic E-state index is 0.0110. The van der Waals surface area contributed by atoms with E-state index in [0.29, 0.717) is 22.5 Å². The number of anilines is 2. The SMILES string of the molecule is Cn1c2cccccc-2c(C(=C2C(=O)N(c3ccccc3)C(=O)N(c3ccccc3)C2=O)c2c3cccccc-3n(C)c2=O)c1=O. The van der Waals surface area contributed by atoms with Crippen molar-refractivity contribution in [3.63, 3.8) is 0 Å². The quantitative estimate of drug-likeness (QED) is 0.200. The van der Waals surface area contributed by atoms with Gasteiger partial charge in [-0.15, -0.1) is 0 Å². The van der Waals surface area contributed by atoms with Crippen molar-refractivity contribution in [1.29, 1.82) is 0 Å². The lowest BCUT2D eigenvalue weighted by Gasteiger charge is -2.34. The number of amides is 4. The smallest absolute Gasteiger partial charge is 0.311 e. The number of benzene rings is 2. The third-order valence-corrected chi connectivity index (χ3v) is 8.32. The lowest BCUT2D eigenvalue weighted by molar-refractivity contribution is -0.121. The average Bonchev–Trinajstić information content (AvgIpc) is 3.28. The number of para-hydroxylation sites is 2. The predicted octanol–water partition coefficient (Wildman–Crippen LogP) is 5.30. The molecule has 3 aliphatic heterocycles. The number of nitrogens with zero attached hydrogens (tertiary/aromatic N) is 4. The first-order valence-electron chi connectivity index (χ1n) is 14.5. The van der Waals surface area contributed by atoms with Crippen molar-refractivity contribution in [3.05, 3.63) is 159 Å². The van der Waals surface area contributed by atoms with E-state index in [1.54, 1.807) is 135 Å². The highest BCUT2D eigenvalue weighted by Gasteiger charge is 2.47. The van der Waals surface area contributed by atoms with Crippen LogP contribution in [0.15, 0.2) is 136 Å². The molecule has 0 saturated carbocycles. The highest BCUT2D eigenvalue weighted by molar-refractivity contribution is 6.47. The summed E-state index contributed by atoms with van der Waals surface area (Å²) >= 11 is 0. The summed E-state index contributed by atoms with van der Waals surface area (Å²) in [5.41, 5.74) is 0.800. The number of imide groups is 2. The topological polar surface area (TPSA) is 102 Å². The molecule has 3 heterocycles. The van der Waals surface area contributed by atoms with Gasteiger partial charge in [0.25, 0.3) is 22.9 Å². The largest absolute Gasteiger partial charge is 0.343 e. The summed E-state index contributed by atoms with van der Waals surface area (Å²) in [5, 5.41) is 0. The Morgan fingerprint density at radius 3 is 1.20 bits per heavy atom. The van der Waals surface area contributed by atoms with Gasteiger partial charge in [-0.2, -0.15) is 0 Å². The number of barbiturate groups is 1. The van der Waals surface area contributed by atoms with Crippen LogP contribution in [0.5, 0.6) is 0 Å². The van der Waals surface area contributed by atoms with Crippen LogP contribution >= 0.6 is 0 Å². The van der Waals surface area contributed by atoms with Gasteiger partial charge >= 0.3 is 6.03 Å². The molecule has 0 aromatic heterocycles. The van der Waals surface area contributed by atoms with Gasteiger partial charge in [0.15, 0.2) is 0 Å². The van der Waals surface area contributed by atoms with Gasteiger partial charge in [0.2, 0.25) is 0 Å². The molecule has 2 aromatic carbocycles. The first-order valence-corrected chi connectivity index (χ1v) is 14.5. The normalized spacial score (nSPS) is 13.6. The maximum absolute atomic E-state index is 14.7. The Morgan fingerprint density at radius 1 is 0.457 bits per heavy atom. The predicted molar refractivity (Wildman–Crippen MR) is 176 cm³/mol. The lowest BCUT2D eigenvalue weighted by Crippen LogP contribution is -2.57. The first-order chi connectivity index (χ1) is 22.3. The van der Waals surface area contributed by atoms with Crippen molar-refractivity contribution in [3.8, 4) is 22.5 Å². The molecule has 9 heteroatoms. The van der Waals surface area contributed by atoms with Crippen molar-refractivity contribution >= 4 is 34.8 Å². The zero-order valence-corrected chi connectivity index (χ0v) is 24.9. The Labute approximate surface area is 263 Å². The third-order valence-electron chi connectivity index (χ3n) is 8.32. The van der Waals surface area contributed by atoms with E-state index >= 15 is 0 Å². The highest BCUT2D eigenvalue weighted by Crippen LogP contribution is 2.41. The fourth-order valence-electron chi connectivity index (χ4n) is 6.14. The number of fused-ring (bicyclic) bond motifs is 2. The van der Waals surface area contributed by atoms with Crippen molar-refractivity contribution in [2.75, 3.05) is 9.80 Å². The minimum atomic E-state index is -0.947. The van der Waals surface area contributed by atoms with Crippen LogP contribution in [-0.2, 0) is 23.7 Å². The maximum Gasteiger partial charge on any atom is 0.343 e. The van der Waals surface area contributed by atoms with Crippen molar-refractivity contribution in [1.82, 2.24) is 9.13 Å². The molecule has 0 unspecified atom stereocenters. The van der Waals surface area contributed by atoms with Crippen LogP contribution in [0.25, 0.3) is 28.1 Å². The van der Waals surface area contributed by atoms with Crippen LogP contribution < -0.4 is 20.9 Å². The molecule has 0 N–H and O–H groups in total. The van der Waals surface area contributed by atoms with E-state index in [0.717, 1.165) is 9.80 Å². The second-order valence-corrected chi connectivity index (χ2v) is 10.9. The van der Waals surface area contributed by atoms with Crippen molar-refractivity contribution in [2.45, 2.75) is 0 Å². The Kier molecular flexibility index (Phi) is 6.78. The summed E-state index contributed by atoms with van der Waals surface area (Å²) in [6.07, 6.45) is 0. The molecule has 1 saturated heterocycles. The molecule has 0 bridgehead atoms. The zero-order valence-electron chi connectivity index (χ0n) is 24.9. The van der Waals surface area contributed by atoms with Crippen LogP contribution in [0.3, 0.4) is 0 Å². The van der Waals surface area contributed by atoms with Crippen LogP contribution in [0.4, 0.5) is 16.2 Å². The van der Waals surface area contributed by atoms with Gasteiger partial charge in [0, 0.05) is 30.8 Å². The van der Waals surface area contributed by atoms with Gasteiger partial charge in [-0.25, -0.2) is 14.6 Å². The molecule has 1 fully saturated rings. The summed E-state index contributed by atoms with van der Waals surface area (Å²) in [4.78, 5) is 73.9. The van der Waals surface area contributed by atoms with Gasteiger partial charge in [-0.05, 0) is 36.4 Å². The van der Waals surface area contributed by atoms with Crippen LogP contribution in [0.2, 0.25) is 0 Å². The molecule has 224 valence electrons. The Balaban J connectivity index is 1.68. The molecular formula is C37H26N4O5. The molecule has 9 nitrogen and oxygen atoms in total. The van der Waals surface area contributed by atoms with E-state index in [9.17, 15) is 24.0 Å². The Morgan fingerprint density at radius 2 is 0.804 bits per heavy atom. The Hall–Kier alpha value is -6.35. The molecular weight excluding hydrogens is 580 g/mol. The fourth-order valence-corrected chi connectivity index (χ4v) is 6.14. The van der Waals surface area contributed by atoms with E-state index < -0.39 is 34.5 Å². The molecule has 0 radical (unpaired) electrons. The number of aromatic nitrogens is 2. The third kappa shape index (κ3) is 4.21. The molecule has 0 spiro atoms. The van der Waals surface area contributed by atoms with Crippen LogP contribution in [0, 0.1) is 0 Å². The number of hydrogen-bond acceptors (Lipinski definition) is 5. The van der Waals surface area contributed by atoms with Crippen molar-refractivity contribution < 1.29 is 14.4 Å². The van der Waals surface area contributed by atoms with E-state index in [4.69, 9.17) is 0 Å². The molecule has 4 amide bonds. The van der Waals surface area contributed by atoms with Crippen molar-refractivity contribution in [2.24, 2.45) is 14.1 Å². The summed E-state index contributed by atoms with van der Waals surface area (Å²) in [6.45, 7) is 0. The molecule has 7 rings (SSSR count). The summed E-state index contributed by atoms with van der Waals surface area (Å²) < 4.78 is 2.85. The van der Waals surface area contributed by atoms with E-state index in [2.05, 4.69) is 0 Å². The number of hydrogen-bond donors (Lipinski definition) is 0. The van der Waals surface area contributed by atoms with E-state index in [-0.39, 0.29) is 28.1 Å². The second kappa shape index (κ2) is 11.0. The molecule has 46 heavy (non-hydrogen) atoms. The van der Waals surface area contributed by atoms with E-state index in [1.807, 2.05) is 0 Å². The fraction of sp³-hybridized carbons (Fsp3) is 0.0541. The molecule has 2 aliphatic carbocycles.